The maximum atomic E-state index is 11.1. The fraction of sp³-hybridized carbons (Fsp3) is 0. The number of nitrogens with zero attached hydrogens (tertiary/aromatic N) is 2. The molecule has 15 heavy (non-hydrogen) atoms. The summed E-state index contributed by atoms with van der Waals surface area (Å²) in [6, 6.07) is 0. The van der Waals surface area contributed by atoms with Gasteiger partial charge in [-0.25, -0.2) is 18.4 Å². The Kier molecular flexibility index (Phi) is 2.54. The molecule has 0 aliphatic carbocycles. The first-order valence-corrected chi connectivity index (χ1v) is 6.61. The quantitative estimate of drug-likeness (QED) is 0.495. The average molecular weight is 287 g/mol. The molecule has 0 amide bonds. The number of aromatic amines is 1. The summed E-state index contributed by atoms with van der Waals surface area (Å²) in [5.74, 6) is 0. The zero-order valence-electron chi connectivity index (χ0n) is 6.83. The summed E-state index contributed by atoms with van der Waals surface area (Å²) in [6.45, 7) is 0. The van der Waals surface area contributed by atoms with Crippen molar-refractivity contribution in [1.29, 1.82) is 0 Å². The van der Waals surface area contributed by atoms with E-state index in [0.29, 0.717) is 0 Å². The van der Waals surface area contributed by atoms with Gasteiger partial charge in [-0.05, 0) is 11.6 Å². The van der Waals surface area contributed by atoms with Crippen LogP contribution in [0.15, 0.2) is 11.1 Å². The topological polar surface area (TPSA) is 75.7 Å². The van der Waals surface area contributed by atoms with Crippen molar-refractivity contribution in [2.45, 2.75) is 4.90 Å². The van der Waals surface area contributed by atoms with Crippen molar-refractivity contribution in [2.75, 3.05) is 0 Å². The molecule has 5 nitrogen and oxygen atoms in total. The van der Waals surface area contributed by atoms with Crippen LogP contribution in [0.2, 0.25) is 10.4 Å². The minimum Gasteiger partial charge on any atom is -0.356 e. The minimum atomic E-state index is -3.89. The van der Waals surface area contributed by atoms with Crippen molar-refractivity contribution in [3.05, 3.63) is 16.6 Å². The number of halogens is 3. The highest BCUT2D eigenvalue weighted by Crippen LogP contribution is 2.28. The van der Waals surface area contributed by atoms with Crippen molar-refractivity contribution in [3.8, 4) is 0 Å². The van der Waals surface area contributed by atoms with E-state index in [4.69, 9.17) is 33.9 Å². The Morgan fingerprint density at radius 1 is 1.27 bits per heavy atom. The van der Waals surface area contributed by atoms with E-state index in [0.717, 1.165) is 0 Å². The number of hydrogen-bond donors (Lipinski definition) is 1. The smallest absolute Gasteiger partial charge is 0.264 e. The van der Waals surface area contributed by atoms with Gasteiger partial charge in [0.05, 0.1) is 0 Å². The van der Waals surface area contributed by atoms with Crippen LogP contribution in [0.1, 0.15) is 0 Å². The first-order chi connectivity index (χ1) is 6.89. The third-order valence-corrected chi connectivity index (χ3v) is 3.46. The molecule has 80 valence electrons. The normalized spacial score (nSPS) is 12.2. The lowest BCUT2D eigenvalue weighted by atomic mass is 10.5. The Morgan fingerprint density at radius 3 is 2.53 bits per heavy atom. The van der Waals surface area contributed by atoms with Crippen molar-refractivity contribution >= 4 is 54.0 Å². The van der Waals surface area contributed by atoms with E-state index >= 15 is 0 Å². The number of rotatable bonds is 1. The van der Waals surface area contributed by atoms with Gasteiger partial charge in [0.1, 0.15) is 15.9 Å². The van der Waals surface area contributed by atoms with E-state index in [2.05, 4.69) is 15.0 Å². The van der Waals surface area contributed by atoms with Gasteiger partial charge < -0.3 is 4.98 Å². The molecule has 0 fully saturated rings. The van der Waals surface area contributed by atoms with Crippen LogP contribution in [-0.2, 0) is 9.05 Å². The molecule has 9 heteroatoms. The fourth-order valence-corrected chi connectivity index (χ4v) is 2.47. The summed E-state index contributed by atoms with van der Waals surface area (Å²) in [4.78, 5) is 9.82. The minimum absolute atomic E-state index is 0.0385. The summed E-state index contributed by atoms with van der Waals surface area (Å²) in [6.07, 6.45) is 1.18. The van der Waals surface area contributed by atoms with Gasteiger partial charge in [0, 0.05) is 16.9 Å². The highest BCUT2D eigenvalue weighted by molar-refractivity contribution is 8.14. The Bertz CT molecular complexity index is 636. The maximum absolute atomic E-state index is 11.1. The molecule has 0 bridgehead atoms. The third kappa shape index (κ3) is 1.90. The van der Waals surface area contributed by atoms with Crippen LogP contribution in [0.4, 0.5) is 0 Å². The van der Waals surface area contributed by atoms with E-state index in [1.807, 2.05) is 0 Å². The highest BCUT2D eigenvalue weighted by atomic mass is 35.7. The number of aromatic nitrogens is 3. The lowest BCUT2D eigenvalue weighted by Gasteiger charge is -1.95. The molecule has 2 aromatic heterocycles. The molecule has 2 heterocycles. The van der Waals surface area contributed by atoms with E-state index in [1.54, 1.807) is 0 Å². The number of H-pyrrole nitrogens is 1. The number of fused-ring (bicyclic) bond motifs is 1. The SMILES string of the molecule is O=S(=O)(Cl)c1c[nH]c2c(Cl)nc(Cl)nc12. The van der Waals surface area contributed by atoms with Gasteiger partial charge >= 0.3 is 0 Å². The van der Waals surface area contributed by atoms with E-state index < -0.39 is 9.05 Å². The predicted molar refractivity (Wildman–Crippen MR) is 56.9 cm³/mol. The molecule has 0 spiro atoms. The standard InChI is InChI=1S/C6H2Cl3N3O2S/c7-5-4-3(11-6(8)12-5)2(1-10-4)15(9,13)14/h1,10H. The molecule has 1 N–H and O–H groups in total. The van der Waals surface area contributed by atoms with Crippen LogP contribution in [0.5, 0.6) is 0 Å². The Morgan fingerprint density at radius 2 is 1.93 bits per heavy atom. The Balaban J connectivity index is 2.92. The molecule has 0 saturated carbocycles. The summed E-state index contributed by atoms with van der Waals surface area (Å²) < 4.78 is 22.3. The van der Waals surface area contributed by atoms with Gasteiger partial charge in [-0.3, -0.25) is 0 Å². The van der Waals surface area contributed by atoms with Gasteiger partial charge in [-0.1, -0.05) is 11.6 Å². The summed E-state index contributed by atoms with van der Waals surface area (Å²) in [5, 5.41) is -0.106. The summed E-state index contributed by atoms with van der Waals surface area (Å²) in [5.41, 5.74) is 0.357. The van der Waals surface area contributed by atoms with Gasteiger partial charge in [0.2, 0.25) is 5.28 Å². The van der Waals surface area contributed by atoms with Crippen LogP contribution >= 0.6 is 33.9 Å². The molecule has 0 aromatic carbocycles. The monoisotopic (exact) mass is 285 g/mol. The van der Waals surface area contributed by atoms with E-state index in [1.165, 1.54) is 6.20 Å². The first kappa shape index (κ1) is 10.9. The van der Waals surface area contributed by atoms with Crippen LogP contribution in [0, 0.1) is 0 Å². The second-order valence-corrected chi connectivity index (χ2v) is 5.83. The zero-order chi connectivity index (χ0) is 11.2. The molecule has 2 rings (SSSR count). The molecule has 2 aromatic rings. The van der Waals surface area contributed by atoms with Crippen molar-refractivity contribution in [2.24, 2.45) is 0 Å². The predicted octanol–water partition coefficient (Wildman–Crippen LogP) is 2.19. The largest absolute Gasteiger partial charge is 0.356 e. The Labute approximate surface area is 98.8 Å². The fourth-order valence-electron chi connectivity index (χ4n) is 1.11. The number of hydrogen-bond acceptors (Lipinski definition) is 4. The molecular formula is C6H2Cl3N3O2S. The van der Waals surface area contributed by atoms with Crippen molar-refractivity contribution < 1.29 is 8.42 Å². The molecule has 0 saturated heterocycles. The second-order valence-electron chi connectivity index (χ2n) is 2.60. The molecular weight excluding hydrogens is 285 g/mol. The average Bonchev–Trinajstić information content (AvgIpc) is 2.45. The summed E-state index contributed by atoms with van der Waals surface area (Å²) >= 11 is 11.3. The van der Waals surface area contributed by atoms with Gasteiger partial charge in [0.25, 0.3) is 9.05 Å². The summed E-state index contributed by atoms with van der Waals surface area (Å²) in [7, 11) is 1.30. The molecule has 0 radical (unpaired) electrons. The molecule has 0 atom stereocenters. The van der Waals surface area contributed by atoms with Crippen LogP contribution < -0.4 is 0 Å². The van der Waals surface area contributed by atoms with E-state index in [9.17, 15) is 8.42 Å². The lowest BCUT2D eigenvalue weighted by Crippen LogP contribution is -1.91. The van der Waals surface area contributed by atoms with E-state index in [-0.39, 0.29) is 26.4 Å². The third-order valence-electron chi connectivity index (χ3n) is 1.68. The van der Waals surface area contributed by atoms with Crippen LogP contribution in [-0.4, -0.2) is 23.4 Å². The van der Waals surface area contributed by atoms with Crippen molar-refractivity contribution in [3.63, 3.8) is 0 Å². The molecule has 0 aliphatic heterocycles. The van der Waals surface area contributed by atoms with Gasteiger partial charge in [0.15, 0.2) is 5.15 Å². The van der Waals surface area contributed by atoms with Crippen LogP contribution in [0.3, 0.4) is 0 Å². The van der Waals surface area contributed by atoms with Crippen molar-refractivity contribution in [1.82, 2.24) is 15.0 Å². The Hall–Kier alpha value is -0.560. The lowest BCUT2D eigenvalue weighted by molar-refractivity contribution is 0.610. The zero-order valence-corrected chi connectivity index (χ0v) is 9.91. The first-order valence-electron chi connectivity index (χ1n) is 3.54. The van der Waals surface area contributed by atoms with Gasteiger partial charge in [-0.2, -0.15) is 0 Å². The molecule has 0 aliphatic rings. The highest BCUT2D eigenvalue weighted by Gasteiger charge is 2.19. The van der Waals surface area contributed by atoms with Gasteiger partial charge in [-0.15, -0.1) is 0 Å². The van der Waals surface area contributed by atoms with Crippen LogP contribution in [0.25, 0.3) is 11.0 Å². The maximum Gasteiger partial charge on any atom is 0.264 e. The molecule has 0 unspecified atom stereocenters. The second kappa shape index (κ2) is 3.48. The number of nitrogens with one attached hydrogen (secondary N) is 1.